The Morgan fingerprint density at radius 3 is 2.46 bits per heavy atom. The SMILES string of the molecule is COC(=O)C(C)N1CCN(S(=O)(=O)c2ccc3c(c2)CCC3)CC1. The van der Waals surface area contributed by atoms with Crippen molar-refractivity contribution in [1.82, 2.24) is 9.21 Å². The maximum absolute atomic E-state index is 12.9. The molecule has 6 nitrogen and oxygen atoms in total. The average Bonchev–Trinajstić information content (AvgIpc) is 3.08. The minimum Gasteiger partial charge on any atom is -0.468 e. The lowest BCUT2D eigenvalue weighted by atomic mass is 10.1. The number of carbonyl (C=O) groups excluding carboxylic acids is 1. The standard InChI is InChI=1S/C17H24N2O4S/c1-13(17(20)23-2)18-8-10-19(11-9-18)24(21,22)16-7-6-14-4-3-5-15(14)12-16/h6-7,12-13H,3-5,8-11H2,1-2H3. The zero-order chi connectivity index (χ0) is 17.3. The quantitative estimate of drug-likeness (QED) is 0.758. The molecule has 1 heterocycles. The van der Waals surface area contributed by atoms with E-state index in [0.717, 1.165) is 24.8 Å². The molecular formula is C17H24N2O4S. The Kier molecular flexibility index (Phi) is 4.94. The molecule has 0 aromatic heterocycles. The molecule has 7 heteroatoms. The molecule has 0 bridgehead atoms. The summed E-state index contributed by atoms with van der Waals surface area (Å²) in [6.45, 7) is 3.62. The van der Waals surface area contributed by atoms with Gasteiger partial charge in [-0.2, -0.15) is 4.31 Å². The smallest absolute Gasteiger partial charge is 0.322 e. The molecule has 24 heavy (non-hydrogen) atoms. The number of carbonyl (C=O) groups is 1. The molecule has 1 aliphatic heterocycles. The van der Waals surface area contributed by atoms with Crippen LogP contribution in [0.5, 0.6) is 0 Å². The normalized spacial score (nSPS) is 20.6. The van der Waals surface area contributed by atoms with E-state index >= 15 is 0 Å². The van der Waals surface area contributed by atoms with Crippen LogP contribution in [0.2, 0.25) is 0 Å². The molecule has 0 spiro atoms. The number of hydrogen-bond donors (Lipinski definition) is 0. The first-order chi connectivity index (χ1) is 11.4. The molecule has 0 radical (unpaired) electrons. The van der Waals surface area contributed by atoms with Crippen LogP contribution < -0.4 is 0 Å². The number of methoxy groups -OCH3 is 1. The van der Waals surface area contributed by atoms with Crippen LogP contribution in [0.25, 0.3) is 0 Å². The van der Waals surface area contributed by atoms with E-state index in [1.807, 2.05) is 17.0 Å². The fraction of sp³-hybridized carbons (Fsp3) is 0.588. The third kappa shape index (κ3) is 3.20. The highest BCUT2D eigenvalue weighted by Gasteiger charge is 2.32. The lowest BCUT2D eigenvalue weighted by Crippen LogP contribution is -2.53. The van der Waals surface area contributed by atoms with Gasteiger partial charge in [-0.3, -0.25) is 9.69 Å². The van der Waals surface area contributed by atoms with Gasteiger partial charge in [0.25, 0.3) is 0 Å². The zero-order valence-electron chi connectivity index (χ0n) is 14.2. The van der Waals surface area contributed by atoms with E-state index in [-0.39, 0.29) is 12.0 Å². The van der Waals surface area contributed by atoms with E-state index in [4.69, 9.17) is 4.74 Å². The number of rotatable bonds is 4. The minimum absolute atomic E-state index is 0.287. The molecule has 1 aromatic carbocycles. The topological polar surface area (TPSA) is 66.9 Å². The third-order valence-electron chi connectivity index (χ3n) is 5.07. The monoisotopic (exact) mass is 352 g/mol. The van der Waals surface area contributed by atoms with Gasteiger partial charge in [0.15, 0.2) is 0 Å². The van der Waals surface area contributed by atoms with Crippen molar-refractivity contribution in [2.45, 2.75) is 37.1 Å². The fourth-order valence-electron chi connectivity index (χ4n) is 3.51. The van der Waals surface area contributed by atoms with Gasteiger partial charge in [-0.05, 0) is 49.4 Å². The number of ether oxygens (including phenoxy) is 1. The van der Waals surface area contributed by atoms with Crippen molar-refractivity contribution >= 4 is 16.0 Å². The second-order valence-corrected chi connectivity index (χ2v) is 8.36. The second-order valence-electron chi connectivity index (χ2n) is 6.42. The summed E-state index contributed by atoms with van der Waals surface area (Å²) < 4.78 is 32.0. The van der Waals surface area contributed by atoms with Gasteiger partial charge >= 0.3 is 5.97 Å². The summed E-state index contributed by atoms with van der Waals surface area (Å²) in [5, 5.41) is 0. The molecule has 1 atom stereocenters. The molecule has 0 saturated carbocycles. The van der Waals surface area contributed by atoms with Crippen molar-refractivity contribution in [3.05, 3.63) is 29.3 Å². The largest absolute Gasteiger partial charge is 0.468 e. The summed E-state index contributed by atoms with van der Waals surface area (Å²) >= 11 is 0. The maximum atomic E-state index is 12.9. The molecule has 1 unspecified atom stereocenters. The lowest BCUT2D eigenvalue weighted by Gasteiger charge is -2.36. The van der Waals surface area contributed by atoms with Crippen LogP contribution in [0.3, 0.4) is 0 Å². The zero-order valence-corrected chi connectivity index (χ0v) is 15.0. The summed E-state index contributed by atoms with van der Waals surface area (Å²) in [4.78, 5) is 14.0. The molecule has 1 fully saturated rings. The predicted molar refractivity (Wildman–Crippen MR) is 90.3 cm³/mol. The first-order valence-corrected chi connectivity index (χ1v) is 9.81. The van der Waals surface area contributed by atoms with E-state index in [1.165, 1.54) is 17.0 Å². The van der Waals surface area contributed by atoms with E-state index in [0.29, 0.717) is 31.1 Å². The number of sulfonamides is 1. The molecular weight excluding hydrogens is 328 g/mol. The minimum atomic E-state index is -3.47. The first-order valence-electron chi connectivity index (χ1n) is 8.37. The van der Waals surface area contributed by atoms with Gasteiger partial charge in [0, 0.05) is 26.2 Å². The van der Waals surface area contributed by atoms with Crippen LogP contribution in [-0.4, -0.2) is 62.9 Å². The summed E-state index contributed by atoms with van der Waals surface area (Å²) in [6, 6.07) is 5.16. The van der Waals surface area contributed by atoms with Crippen LogP contribution >= 0.6 is 0 Å². The highest BCUT2D eigenvalue weighted by Crippen LogP contribution is 2.26. The highest BCUT2D eigenvalue weighted by atomic mass is 32.2. The van der Waals surface area contributed by atoms with Gasteiger partial charge in [-0.1, -0.05) is 6.07 Å². The molecule has 132 valence electrons. The Labute approximate surface area is 143 Å². The Morgan fingerprint density at radius 1 is 1.12 bits per heavy atom. The van der Waals surface area contributed by atoms with Crippen molar-refractivity contribution < 1.29 is 17.9 Å². The molecule has 2 aliphatic rings. The van der Waals surface area contributed by atoms with Crippen molar-refractivity contribution in [3.8, 4) is 0 Å². The van der Waals surface area contributed by atoms with Gasteiger partial charge in [-0.15, -0.1) is 0 Å². The second kappa shape index (κ2) is 6.82. The van der Waals surface area contributed by atoms with Gasteiger partial charge < -0.3 is 4.74 Å². The number of benzene rings is 1. The van der Waals surface area contributed by atoms with Crippen molar-refractivity contribution in [3.63, 3.8) is 0 Å². The van der Waals surface area contributed by atoms with Crippen molar-refractivity contribution in [1.29, 1.82) is 0 Å². The number of hydrogen-bond acceptors (Lipinski definition) is 5. The van der Waals surface area contributed by atoms with Gasteiger partial charge in [0.2, 0.25) is 10.0 Å². The van der Waals surface area contributed by atoms with Crippen LogP contribution in [0.4, 0.5) is 0 Å². The molecule has 1 aromatic rings. The molecule has 1 saturated heterocycles. The molecule has 0 amide bonds. The number of esters is 1. The van der Waals surface area contributed by atoms with Gasteiger partial charge in [0.05, 0.1) is 12.0 Å². The first kappa shape index (κ1) is 17.4. The van der Waals surface area contributed by atoms with Crippen LogP contribution in [-0.2, 0) is 32.4 Å². The summed E-state index contributed by atoms with van der Waals surface area (Å²) in [5.41, 5.74) is 2.43. The van der Waals surface area contributed by atoms with Crippen molar-refractivity contribution in [2.24, 2.45) is 0 Å². The summed E-state index contributed by atoms with van der Waals surface area (Å²) in [6.07, 6.45) is 3.10. The van der Waals surface area contributed by atoms with Gasteiger partial charge in [-0.25, -0.2) is 8.42 Å². The van der Waals surface area contributed by atoms with Crippen LogP contribution in [0.15, 0.2) is 23.1 Å². The maximum Gasteiger partial charge on any atom is 0.322 e. The predicted octanol–water partition coefficient (Wildman–Crippen LogP) is 1.04. The fourth-order valence-corrected chi connectivity index (χ4v) is 4.98. The number of nitrogens with zero attached hydrogens (tertiary/aromatic N) is 2. The molecule has 0 N–H and O–H groups in total. The lowest BCUT2D eigenvalue weighted by molar-refractivity contribution is -0.146. The Balaban J connectivity index is 1.70. The summed E-state index contributed by atoms with van der Waals surface area (Å²) in [5.74, 6) is -0.287. The van der Waals surface area contributed by atoms with Gasteiger partial charge in [0.1, 0.15) is 6.04 Å². The molecule has 3 rings (SSSR count). The van der Waals surface area contributed by atoms with E-state index in [9.17, 15) is 13.2 Å². The highest BCUT2D eigenvalue weighted by molar-refractivity contribution is 7.89. The van der Waals surface area contributed by atoms with Crippen LogP contribution in [0.1, 0.15) is 24.5 Å². The van der Waals surface area contributed by atoms with E-state index < -0.39 is 10.0 Å². The van der Waals surface area contributed by atoms with Crippen LogP contribution in [0, 0.1) is 0 Å². The van der Waals surface area contributed by atoms with Crippen molar-refractivity contribution in [2.75, 3.05) is 33.3 Å². The molecule has 1 aliphatic carbocycles. The Bertz CT molecular complexity index is 724. The summed E-state index contributed by atoms with van der Waals surface area (Å²) in [7, 11) is -2.10. The number of fused-ring (bicyclic) bond motifs is 1. The number of aryl methyl sites for hydroxylation is 2. The van der Waals surface area contributed by atoms with E-state index in [2.05, 4.69) is 0 Å². The average molecular weight is 352 g/mol. The van der Waals surface area contributed by atoms with E-state index in [1.54, 1.807) is 13.0 Å². The Hall–Kier alpha value is -1.44. The Morgan fingerprint density at radius 2 is 1.79 bits per heavy atom. The third-order valence-corrected chi connectivity index (χ3v) is 6.97. The number of piperazine rings is 1.